The molecule has 2 N–H and O–H groups in total. The maximum absolute atomic E-state index is 14.8. The zero-order valence-corrected chi connectivity index (χ0v) is 23.1. The van der Waals surface area contributed by atoms with Crippen LogP contribution >= 0.6 is 0 Å². The Morgan fingerprint density at radius 3 is 2.33 bits per heavy atom. The van der Waals surface area contributed by atoms with Gasteiger partial charge in [0.15, 0.2) is 0 Å². The number of hydrogen-bond acceptors (Lipinski definition) is 5. The zero-order chi connectivity index (χ0) is 28.3. The van der Waals surface area contributed by atoms with Gasteiger partial charge in [0.2, 0.25) is 5.91 Å². The summed E-state index contributed by atoms with van der Waals surface area (Å²) in [6.45, 7) is 5.73. The van der Waals surface area contributed by atoms with Crippen molar-refractivity contribution in [2.45, 2.75) is 58.0 Å². The number of rotatable bonds is 7. The molecule has 2 aliphatic rings. The zero-order valence-electron chi connectivity index (χ0n) is 23.1. The fraction of sp³-hybridized carbons (Fsp3) is 0.419. The summed E-state index contributed by atoms with van der Waals surface area (Å²) in [6.07, 6.45) is 3.99. The van der Waals surface area contributed by atoms with Crippen LogP contribution in [-0.2, 0) is 17.8 Å². The Morgan fingerprint density at radius 2 is 1.62 bits per heavy atom. The van der Waals surface area contributed by atoms with Crippen molar-refractivity contribution in [1.82, 2.24) is 25.3 Å². The van der Waals surface area contributed by atoms with Gasteiger partial charge in [0.05, 0.1) is 16.8 Å². The second kappa shape index (κ2) is 11.7. The lowest BCUT2D eigenvalue weighted by molar-refractivity contribution is -0.140. The van der Waals surface area contributed by atoms with Gasteiger partial charge in [0, 0.05) is 44.7 Å². The SMILES string of the molecule is Cc1c(Cc2ccc(F)c(C(=O)N3CCN(C(=O)C4(NCc5ccccc5)CCCC4)CC3)c2)n[nH]c(=O)c1C. The Kier molecular flexibility index (Phi) is 8.12. The number of nitrogens with zero attached hydrogens (tertiary/aromatic N) is 3. The monoisotopic (exact) mass is 545 g/mol. The van der Waals surface area contributed by atoms with E-state index in [9.17, 15) is 18.8 Å². The van der Waals surface area contributed by atoms with Crippen molar-refractivity contribution in [3.05, 3.63) is 98.2 Å². The lowest BCUT2D eigenvalue weighted by Gasteiger charge is -2.40. The molecule has 2 aromatic carbocycles. The molecule has 1 aromatic heterocycles. The number of halogens is 1. The van der Waals surface area contributed by atoms with Crippen LogP contribution in [0, 0.1) is 19.7 Å². The molecule has 9 heteroatoms. The van der Waals surface area contributed by atoms with E-state index in [1.165, 1.54) is 6.07 Å². The van der Waals surface area contributed by atoms with E-state index < -0.39 is 11.4 Å². The minimum Gasteiger partial charge on any atom is -0.338 e. The highest BCUT2D eigenvalue weighted by molar-refractivity contribution is 5.95. The molecule has 1 aliphatic heterocycles. The van der Waals surface area contributed by atoms with Crippen molar-refractivity contribution >= 4 is 11.8 Å². The Morgan fingerprint density at radius 1 is 0.950 bits per heavy atom. The van der Waals surface area contributed by atoms with Gasteiger partial charge < -0.3 is 9.80 Å². The molecule has 8 nitrogen and oxygen atoms in total. The van der Waals surface area contributed by atoms with Crippen LogP contribution in [-0.4, -0.2) is 63.5 Å². The Balaban J connectivity index is 1.24. The number of aromatic nitrogens is 2. The van der Waals surface area contributed by atoms with Crippen LogP contribution in [0.4, 0.5) is 4.39 Å². The van der Waals surface area contributed by atoms with Crippen molar-refractivity contribution in [2.24, 2.45) is 0 Å². The predicted molar refractivity (Wildman–Crippen MR) is 151 cm³/mol. The Labute approximate surface area is 233 Å². The van der Waals surface area contributed by atoms with E-state index in [2.05, 4.69) is 27.6 Å². The maximum Gasteiger partial charge on any atom is 0.267 e. The molecule has 2 fully saturated rings. The summed E-state index contributed by atoms with van der Waals surface area (Å²) in [4.78, 5) is 42.3. The molecule has 0 bridgehead atoms. The summed E-state index contributed by atoms with van der Waals surface area (Å²) in [5.74, 6) is -0.864. The lowest BCUT2D eigenvalue weighted by atomic mass is 9.94. The number of piperazine rings is 1. The standard InChI is InChI=1S/C31H36FN5O3/c1-21-22(2)28(38)35-34-27(21)19-24-10-11-26(32)25(18-24)29(39)36-14-16-37(17-15-36)30(40)31(12-6-7-13-31)33-20-23-8-4-3-5-9-23/h3-5,8-11,18,33H,6-7,12-17,19-20H2,1-2H3,(H,35,38). The van der Waals surface area contributed by atoms with Gasteiger partial charge in [-0.1, -0.05) is 49.2 Å². The summed E-state index contributed by atoms with van der Waals surface area (Å²) < 4.78 is 14.8. The van der Waals surface area contributed by atoms with E-state index in [0.717, 1.165) is 42.4 Å². The molecule has 1 aliphatic carbocycles. The van der Waals surface area contributed by atoms with E-state index in [1.54, 1.807) is 24.0 Å². The molecule has 0 radical (unpaired) electrons. The van der Waals surface area contributed by atoms with Crippen molar-refractivity contribution < 1.29 is 14.0 Å². The minimum atomic E-state index is -0.579. The van der Waals surface area contributed by atoms with Crippen molar-refractivity contribution in [3.63, 3.8) is 0 Å². The molecule has 0 unspecified atom stereocenters. The molecule has 1 saturated heterocycles. The fourth-order valence-corrected chi connectivity index (χ4v) is 5.78. The number of H-pyrrole nitrogens is 1. The van der Waals surface area contributed by atoms with E-state index in [0.29, 0.717) is 50.4 Å². The first-order chi connectivity index (χ1) is 19.3. The minimum absolute atomic E-state index is 0.00728. The number of benzene rings is 2. The summed E-state index contributed by atoms with van der Waals surface area (Å²) >= 11 is 0. The van der Waals surface area contributed by atoms with E-state index in [-0.39, 0.29) is 22.9 Å². The number of nitrogens with one attached hydrogen (secondary N) is 2. The van der Waals surface area contributed by atoms with Gasteiger partial charge in [-0.25, -0.2) is 9.49 Å². The van der Waals surface area contributed by atoms with Crippen LogP contribution in [0.3, 0.4) is 0 Å². The van der Waals surface area contributed by atoms with Gasteiger partial charge in [0.25, 0.3) is 11.5 Å². The third-order valence-corrected chi connectivity index (χ3v) is 8.46. The Bertz CT molecular complexity index is 1440. The average Bonchev–Trinajstić information content (AvgIpc) is 3.47. The summed E-state index contributed by atoms with van der Waals surface area (Å²) in [5.41, 5.74) is 3.11. The molecule has 40 heavy (non-hydrogen) atoms. The fourth-order valence-electron chi connectivity index (χ4n) is 5.78. The predicted octanol–water partition coefficient (Wildman–Crippen LogP) is 3.50. The highest BCUT2D eigenvalue weighted by atomic mass is 19.1. The molecule has 2 amide bonds. The van der Waals surface area contributed by atoms with Crippen LogP contribution in [0.25, 0.3) is 0 Å². The quantitative estimate of drug-likeness (QED) is 0.474. The first-order valence-corrected chi connectivity index (χ1v) is 14.0. The molecular weight excluding hydrogens is 509 g/mol. The van der Waals surface area contributed by atoms with Gasteiger partial charge in [0.1, 0.15) is 5.82 Å². The highest BCUT2D eigenvalue weighted by Crippen LogP contribution is 2.32. The molecule has 3 aromatic rings. The topological polar surface area (TPSA) is 98.4 Å². The first-order valence-electron chi connectivity index (χ1n) is 14.0. The second-order valence-electron chi connectivity index (χ2n) is 11.0. The smallest absolute Gasteiger partial charge is 0.267 e. The third-order valence-electron chi connectivity index (χ3n) is 8.46. The normalized spacial score (nSPS) is 16.8. The summed E-state index contributed by atoms with van der Waals surface area (Å²) in [5, 5.41) is 10.2. The number of carbonyl (C=O) groups is 2. The van der Waals surface area contributed by atoms with Crippen molar-refractivity contribution in [1.29, 1.82) is 0 Å². The number of hydrogen-bond donors (Lipinski definition) is 2. The highest BCUT2D eigenvalue weighted by Gasteiger charge is 2.44. The van der Waals surface area contributed by atoms with E-state index in [1.807, 2.05) is 30.0 Å². The largest absolute Gasteiger partial charge is 0.338 e. The molecule has 1 saturated carbocycles. The summed E-state index contributed by atoms with van der Waals surface area (Å²) in [6, 6.07) is 14.6. The molecule has 0 spiro atoms. The van der Waals surface area contributed by atoms with Crippen LogP contribution in [0.2, 0.25) is 0 Å². The van der Waals surface area contributed by atoms with Crippen LogP contribution in [0.15, 0.2) is 53.3 Å². The van der Waals surface area contributed by atoms with Crippen LogP contribution < -0.4 is 10.9 Å². The van der Waals surface area contributed by atoms with E-state index >= 15 is 0 Å². The molecular formula is C31H36FN5O3. The lowest BCUT2D eigenvalue weighted by Crippen LogP contribution is -2.60. The Hall–Kier alpha value is -3.85. The van der Waals surface area contributed by atoms with Gasteiger partial charge in [-0.05, 0) is 55.5 Å². The number of amides is 2. The maximum atomic E-state index is 14.8. The number of aromatic amines is 1. The van der Waals surface area contributed by atoms with Gasteiger partial charge in [-0.3, -0.25) is 19.7 Å². The molecule has 2 heterocycles. The third kappa shape index (κ3) is 5.70. The number of carbonyl (C=O) groups excluding carboxylic acids is 2. The second-order valence-corrected chi connectivity index (χ2v) is 11.0. The summed E-state index contributed by atoms with van der Waals surface area (Å²) in [7, 11) is 0. The van der Waals surface area contributed by atoms with Crippen LogP contribution in [0.5, 0.6) is 0 Å². The molecule has 0 atom stereocenters. The van der Waals surface area contributed by atoms with Crippen molar-refractivity contribution in [2.75, 3.05) is 26.2 Å². The van der Waals surface area contributed by atoms with E-state index in [4.69, 9.17) is 0 Å². The average molecular weight is 546 g/mol. The molecule has 210 valence electrons. The van der Waals surface area contributed by atoms with Gasteiger partial charge in [-0.15, -0.1) is 0 Å². The van der Waals surface area contributed by atoms with Gasteiger partial charge >= 0.3 is 0 Å². The van der Waals surface area contributed by atoms with Gasteiger partial charge in [-0.2, -0.15) is 5.10 Å². The van der Waals surface area contributed by atoms with Crippen LogP contribution in [0.1, 0.15) is 64.0 Å². The van der Waals surface area contributed by atoms with Crippen molar-refractivity contribution in [3.8, 4) is 0 Å². The molecule has 5 rings (SSSR count). The first kappa shape index (κ1) is 27.7.